The van der Waals surface area contributed by atoms with Crippen LogP contribution in [0.4, 0.5) is 0 Å². The fourth-order valence-electron chi connectivity index (χ4n) is 1.52. The van der Waals surface area contributed by atoms with Crippen molar-refractivity contribution in [2.75, 3.05) is 26.4 Å². The van der Waals surface area contributed by atoms with Crippen molar-refractivity contribution in [1.29, 1.82) is 0 Å². The Morgan fingerprint density at radius 3 is 2.26 bits per heavy atom. The van der Waals surface area contributed by atoms with Crippen molar-refractivity contribution in [2.24, 2.45) is 0 Å². The van der Waals surface area contributed by atoms with Crippen LogP contribution in [0, 0.1) is 0 Å². The van der Waals surface area contributed by atoms with E-state index in [0.29, 0.717) is 19.1 Å². The molecule has 1 unspecified atom stereocenters. The molecule has 0 bridgehead atoms. The van der Waals surface area contributed by atoms with E-state index in [1.807, 2.05) is 6.92 Å². The van der Waals surface area contributed by atoms with Crippen LogP contribution in [-0.2, 0) is 19.0 Å². The van der Waals surface area contributed by atoms with Crippen LogP contribution in [0.15, 0.2) is 0 Å². The van der Waals surface area contributed by atoms with Gasteiger partial charge in [-0.1, -0.05) is 6.92 Å². The second kappa shape index (κ2) is 13.8. The molecule has 0 N–H and O–H groups in total. The van der Waals surface area contributed by atoms with E-state index in [-0.39, 0.29) is 5.97 Å². The number of rotatable bonds is 13. The molecule has 0 saturated carbocycles. The first-order valence-corrected chi connectivity index (χ1v) is 7.55. The van der Waals surface area contributed by atoms with Gasteiger partial charge in [0, 0.05) is 26.2 Å². The Kier molecular flexibility index (Phi) is 13.4. The zero-order valence-corrected chi connectivity index (χ0v) is 12.8. The van der Waals surface area contributed by atoms with E-state index in [4.69, 9.17) is 14.2 Å². The molecule has 0 fully saturated rings. The Balaban J connectivity index is 3.09. The number of unbranched alkanes of at least 4 members (excludes halogenated alkanes) is 2. The maximum Gasteiger partial charge on any atom is 0.305 e. The van der Waals surface area contributed by atoms with Gasteiger partial charge in [-0.05, 0) is 46.0 Å². The van der Waals surface area contributed by atoms with Gasteiger partial charge < -0.3 is 14.2 Å². The summed E-state index contributed by atoms with van der Waals surface area (Å²) >= 11 is 0. The van der Waals surface area contributed by atoms with Crippen LogP contribution in [-0.4, -0.2) is 38.5 Å². The van der Waals surface area contributed by atoms with E-state index in [1.165, 1.54) is 0 Å². The smallest absolute Gasteiger partial charge is 0.305 e. The average Bonchev–Trinajstić information content (AvgIpc) is 2.40. The van der Waals surface area contributed by atoms with Crippen LogP contribution in [0.25, 0.3) is 0 Å². The van der Waals surface area contributed by atoms with Crippen molar-refractivity contribution < 1.29 is 19.0 Å². The van der Waals surface area contributed by atoms with E-state index in [0.717, 1.165) is 51.9 Å². The SMILES string of the molecule is CCOC(=O)CCCCOCCCCOC(C)CC. The fourth-order valence-corrected chi connectivity index (χ4v) is 1.52. The Hall–Kier alpha value is -0.610. The molecule has 0 aromatic carbocycles. The zero-order valence-electron chi connectivity index (χ0n) is 12.8. The van der Waals surface area contributed by atoms with Crippen LogP contribution in [0.3, 0.4) is 0 Å². The van der Waals surface area contributed by atoms with Crippen molar-refractivity contribution in [3.8, 4) is 0 Å². The normalized spacial score (nSPS) is 12.4. The van der Waals surface area contributed by atoms with E-state index >= 15 is 0 Å². The molecule has 1 atom stereocenters. The third-order valence-electron chi connectivity index (χ3n) is 2.89. The van der Waals surface area contributed by atoms with E-state index in [2.05, 4.69) is 13.8 Å². The third-order valence-corrected chi connectivity index (χ3v) is 2.89. The molecule has 19 heavy (non-hydrogen) atoms. The molecule has 0 aliphatic carbocycles. The van der Waals surface area contributed by atoms with Crippen molar-refractivity contribution in [3.05, 3.63) is 0 Å². The molecule has 0 rings (SSSR count). The molecule has 0 amide bonds. The van der Waals surface area contributed by atoms with Gasteiger partial charge in [0.05, 0.1) is 12.7 Å². The fraction of sp³-hybridized carbons (Fsp3) is 0.933. The summed E-state index contributed by atoms with van der Waals surface area (Å²) in [5, 5.41) is 0. The number of esters is 1. The van der Waals surface area contributed by atoms with Gasteiger partial charge in [-0.15, -0.1) is 0 Å². The van der Waals surface area contributed by atoms with Crippen LogP contribution < -0.4 is 0 Å². The first kappa shape index (κ1) is 18.4. The highest BCUT2D eigenvalue weighted by Gasteiger charge is 2.01. The van der Waals surface area contributed by atoms with Gasteiger partial charge in [0.1, 0.15) is 0 Å². The minimum atomic E-state index is -0.107. The molecule has 114 valence electrons. The monoisotopic (exact) mass is 274 g/mol. The van der Waals surface area contributed by atoms with Gasteiger partial charge in [-0.3, -0.25) is 4.79 Å². The molecule has 0 aromatic heterocycles. The Morgan fingerprint density at radius 2 is 1.63 bits per heavy atom. The maximum absolute atomic E-state index is 11.1. The maximum atomic E-state index is 11.1. The second-order valence-electron chi connectivity index (χ2n) is 4.67. The van der Waals surface area contributed by atoms with Gasteiger partial charge in [0.25, 0.3) is 0 Å². The molecule has 0 aliphatic rings. The lowest BCUT2D eigenvalue weighted by Gasteiger charge is -2.10. The highest BCUT2D eigenvalue weighted by atomic mass is 16.5. The Bertz CT molecular complexity index is 206. The lowest BCUT2D eigenvalue weighted by atomic mass is 10.2. The molecule has 0 spiro atoms. The molecule has 0 aliphatic heterocycles. The summed E-state index contributed by atoms with van der Waals surface area (Å²) in [7, 11) is 0. The molecule has 4 heteroatoms. The van der Waals surface area contributed by atoms with Crippen molar-refractivity contribution in [1.82, 2.24) is 0 Å². The lowest BCUT2D eigenvalue weighted by Crippen LogP contribution is -2.08. The number of ether oxygens (including phenoxy) is 3. The first-order valence-electron chi connectivity index (χ1n) is 7.55. The number of hydrogen-bond acceptors (Lipinski definition) is 4. The standard InChI is InChI=1S/C15H30O4/c1-4-14(3)19-13-9-8-12-17-11-7-6-10-15(16)18-5-2/h14H,4-13H2,1-3H3. The second-order valence-corrected chi connectivity index (χ2v) is 4.67. The summed E-state index contributed by atoms with van der Waals surface area (Å²) in [6.45, 7) is 8.85. The molecular weight excluding hydrogens is 244 g/mol. The van der Waals surface area contributed by atoms with Gasteiger partial charge >= 0.3 is 5.97 Å². The van der Waals surface area contributed by atoms with Crippen LogP contribution in [0.5, 0.6) is 0 Å². The van der Waals surface area contributed by atoms with E-state index < -0.39 is 0 Å². The number of carbonyl (C=O) groups excluding carboxylic acids is 1. The summed E-state index contributed by atoms with van der Waals surface area (Å²) in [5.74, 6) is -0.107. The van der Waals surface area contributed by atoms with Crippen molar-refractivity contribution in [2.45, 2.75) is 65.4 Å². The summed E-state index contributed by atoms with van der Waals surface area (Å²) in [6, 6.07) is 0. The predicted molar refractivity (Wildman–Crippen MR) is 76.2 cm³/mol. The Labute approximate surface area is 117 Å². The van der Waals surface area contributed by atoms with Gasteiger partial charge in [-0.25, -0.2) is 0 Å². The molecular formula is C15H30O4. The largest absolute Gasteiger partial charge is 0.466 e. The Morgan fingerprint density at radius 1 is 1.00 bits per heavy atom. The lowest BCUT2D eigenvalue weighted by molar-refractivity contribution is -0.143. The topological polar surface area (TPSA) is 44.8 Å². The van der Waals surface area contributed by atoms with Gasteiger partial charge in [0.15, 0.2) is 0 Å². The van der Waals surface area contributed by atoms with Crippen molar-refractivity contribution in [3.63, 3.8) is 0 Å². The summed E-state index contributed by atoms with van der Waals surface area (Å²) in [5.41, 5.74) is 0. The zero-order chi connectivity index (χ0) is 14.3. The van der Waals surface area contributed by atoms with E-state index in [1.54, 1.807) is 0 Å². The van der Waals surface area contributed by atoms with Crippen LogP contribution >= 0.6 is 0 Å². The quantitative estimate of drug-likeness (QED) is 0.382. The van der Waals surface area contributed by atoms with Gasteiger partial charge in [-0.2, -0.15) is 0 Å². The third kappa shape index (κ3) is 13.6. The minimum absolute atomic E-state index is 0.107. The van der Waals surface area contributed by atoms with Crippen LogP contribution in [0.2, 0.25) is 0 Å². The highest BCUT2D eigenvalue weighted by Crippen LogP contribution is 2.01. The van der Waals surface area contributed by atoms with Crippen molar-refractivity contribution >= 4 is 5.97 Å². The molecule has 0 aromatic rings. The highest BCUT2D eigenvalue weighted by molar-refractivity contribution is 5.69. The molecule has 4 nitrogen and oxygen atoms in total. The minimum Gasteiger partial charge on any atom is -0.466 e. The number of carbonyl (C=O) groups is 1. The van der Waals surface area contributed by atoms with Gasteiger partial charge in [0.2, 0.25) is 0 Å². The summed E-state index contributed by atoms with van der Waals surface area (Å²) < 4.78 is 15.9. The number of hydrogen-bond donors (Lipinski definition) is 0. The molecule has 0 radical (unpaired) electrons. The molecule has 0 heterocycles. The molecule has 0 saturated heterocycles. The summed E-state index contributed by atoms with van der Waals surface area (Å²) in [6.07, 6.45) is 5.78. The summed E-state index contributed by atoms with van der Waals surface area (Å²) in [4.78, 5) is 11.1. The average molecular weight is 274 g/mol. The predicted octanol–water partition coefficient (Wildman–Crippen LogP) is 3.33. The van der Waals surface area contributed by atoms with E-state index in [9.17, 15) is 4.79 Å². The first-order chi connectivity index (χ1) is 9.20. The van der Waals surface area contributed by atoms with Crippen LogP contribution in [0.1, 0.15) is 59.3 Å².